The van der Waals surface area contributed by atoms with Crippen molar-refractivity contribution >= 4 is 33.6 Å². The van der Waals surface area contributed by atoms with Gasteiger partial charge in [0.2, 0.25) is 0 Å². The van der Waals surface area contributed by atoms with E-state index < -0.39 is 0 Å². The molecule has 0 spiro atoms. The van der Waals surface area contributed by atoms with Gasteiger partial charge in [-0.3, -0.25) is 0 Å². The molecule has 1 aliphatic rings. The number of unbranched alkanes of at least 4 members (excludes halogenated alkanes) is 1. The minimum absolute atomic E-state index is 0.474. The number of thiazole rings is 1. The predicted molar refractivity (Wildman–Crippen MR) is 140 cm³/mol. The van der Waals surface area contributed by atoms with Crippen LogP contribution in [0.2, 0.25) is 0 Å². The number of ether oxygens (including phenoxy) is 4. The minimum Gasteiger partial charge on any atom is -0.496 e. The Balaban J connectivity index is 1.85. The number of benzene rings is 1. The van der Waals surface area contributed by atoms with Crippen molar-refractivity contribution in [3.63, 3.8) is 0 Å². The lowest BCUT2D eigenvalue weighted by Crippen LogP contribution is -2.40. The van der Waals surface area contributed by atoms with Crippen molar-refractivity contribution in [2.75, 3.05) is 52.2 Å². The number of fused-ring (bicyclic) bond motifs is 1. The van der Waals surface area contributed by atoms with Crippen LogP contribution in [-0.4, -0.2) is 63.0 Å². The number of anilines is 1. The van der Waals surface area contributed by atoms with Crippen LogP contribution in [0.15, 0.2) is 22.5 Å². The highest BCUT2D eigenvalue weighted by molar-refractivity contribution is 7.98. The average Bonchev–Trinajstić information content (AvgIpc) is 3.44. The van der Waals surface area contributed by atoms with E-state index >= 15 is 0 Å². The van der Waals surface area contributed by atoms with E-state index in [1.807, 2.05) is 12.1 Å². The first kappa shape index (κ1) is 25.2. The van der Waals surface area contributed by atoms with Gasteiger partial charge in [-0.2, -0.15) is 5.10 Å². The summed E-state index contributed by atoms with van der Waals surface area (Å²) in [6.45, 7) is 5.42. The van der Waals surface area contributed by atoms with E-state index in [2.05, 4.69) is 28.0 Å². The van der Waals surface area contributed by atoms with Crippen LogP contribution in [0.5, 0.6) is 11.5 Å². The van der Waals surface area contributed by atoms with E-state index in [0.717, 1.165) is 83.6 Å². The van der Waals surface area contributed by atoms with Crippen molar-refractivity contribution in [2.24, 2.45) is 0 Å². The lowest BCUT2D eigenvalue weighted by molar-refractivity contribution is 0.0843. The number of thioether (sulfide) groups is 1. The zero-order valence-electron chi connectivity index (χ0n) is 20.8. The molecule has 2 aromatic heterocycles. The quantitative estimate of drug-likeness (QED) is 0.308. The number of hydrogen-bond donors (Lipinski definition) is 0. The van der Waals surface area contributed by atoms with E-state index in [0.29, 0.717) is 12.6 Å². The van der Waals surface area contributed by atoms with Crippen molar-refractivity contribution in [1.29, 1.82) is 0 Å². The number of rotatable bonds is 11. The van der Waals surface area contributed by atoms with E-state index in [1.165, 1.54) is 5.69 Å². The zero-order valence-corrected chi connectivity index (χ0v) is 22.4. The summed E-state index contributed by atoms with van der Waals surface area (Å²) in [4.78, 5) is 3.75. The third kappa shape index (κ3) is 4.89. The maximum absolute atomic E-state index is 5.81. The molecule has 0 bridgehead atoms. The smallest absolute Gasteiger partial charge is 0.144 e. The second kappa shape index (κ2) is 11.7. The molecule has 1 fully saturated rings. The van der Waals surface area contributed by atoms with E-state index in [-0.39, 0.29) is 0 Å². The summed E-state index contributed by atoms with van der Waals surface area (Å²) in [5.74, 6) is 1.50. The van der Waals surface area contributed by atoms with Gasteiger partial charge in [-0.15, -0.1) is 23.1 Å². The lowest BCUT2D eigenvalue weighted by atomic mass is 10.1. The van der Waals surface area contributed by atoms with E-state index in [4.69, 9.17) is 24.0 Å². The maximum atomic E-state index is 5.81. The molecule has 0 N–H and O–H groups in total. The van der Waals surface area contributed by atoms with Crippen molar-refractivity contribution in [1.82, 2.24) is 9.61 Å². The molecule has 1 aromatic carbocycles. The van der Waals surface area contributed by atoms with Crippen LogP contribution >= 0.6 is 23.1 Å². The highest BCUT2D eigenvalue weighted by atomic mass is 32.2. The first-order valence-electron chi connectivity index (χ1n) is 11.8. The zero-order chi connectivity index (χ0) is 24.1. The highest BCUT2D eigenvalue weighted by Gasteiger charge is 2.29. The summed E-state index contributed by atoms with van der Waals surface area (Å²) in [7, 11) is 5.07. The Labute approximate surface area is 210 Å². The molecule has 3 aromatic rings. The Morgan fingerprint density at radius 2 is 1.88 bits per heavy atom. The molecule has 7 nitrogen and oxygen atoms in total. The van der Waals surface area contributed by atoms with Gasteiger partial charge in [0.25, 0.3) is 0 Å². The summed E-state index contributed by atoms with van der Waals surface area (Å²) >= 11 is 3.44. The molecule has 9 heteroatoms. The van der Waals surface area contributed by atoms with Gasteiger partial charge in [-0.05, 0) is 43.2 Å². The summed E-state index contributed by atoms with van der Waals surface area (Å²) < 4.78 is 24.7. The largest absolute Gasteiger partial charge is 0.496 e. The van der Waals surface area contributed by atoms with Gasteiger partial charge in [-0.1, -0.05) is 13.3 Å². The monoisotopic (exact) mass is 505 g/mol. The van der Waals surface area contributed by atoms with E-state index in [9.17, 15) is 0 Å². The fraction of sp³-hybridized carbons (Fsp3) is 0.560. The molecular weight excluding hydrogens is 470 g/mol. The number of methoxy groups -OCH3 is 3. The van der Waals surface area contributed by atoms with Gasteiger partial charge in [0.05, 0.1) is 32.1 Å². The fourth-order valence-electron chi connectivity index (χ4n) is 4.62. The third-order valence-electron chi connectivity index (χ3n) is 6.30. The van der Waals surface area contributed by atoms with Gasteiger partial charge in [0.1, 0.15) is 27.0 Å². The Hall–Kier alpha value is -1.94. The lowest BCUT2D eigenvalue weighted by Gasteiger charge is -2.35. The van der Waals surface area contributed by atoms with Crippen LogP contribution in [0.1, 0.15) is 38.2 Å². The molecule has 0 atom stereocenters. The van der Waals surface area contributed by atoms with Crippen LogP contribution < -0.4 is 14.4 Å². The minimum atomic E-state index is 0.474. The fourth-order valence-corrected chi connectivity index (χ4v) is 6.27. The second-order valence-electron chi connectivity index (χ2n) is 8.39. The van der Waals surface area contributed by atoms with Crippen LogP contribution in [-0.2, 0) is 16.1 Å². The first-order chi connectivity index (χ1) is 16.7. The van der Waals surface area contributed by atoms with E-state index in [1.54, 1.807) is 44.4 Å². The standard InChI is InChI=1S/C25H35N3O4S2/c1-6-7-10-27(18-8-11-32-12-9-18)23-24(33-5)26-28-19(16-34-25(23)28)22-20(30-3)13-17(15-29-2)14-21(22)31-4/h13-14,16,18H,6-12,15H2,1-5H3. The summed E-state index contributed by atoms with van der Waals surface area (Å²) in [6, 6.07) is 4.50. The average molecular weight is 506 g/mol. The topological polar surface area (TPSA) is 57.5 Å². The number of aromatic nitrogens is 2. The number of nitrogens with zero attached hydrogens (tertiary/aromatic N) is 3. The SMILES string of the molecule is CCCCN(c1c(SC)nn2c(-c3c(OC)cc(COC)cc3OC)csc12)C1CCOCC1. The van der Waals surface area contributed by atoms with Crippen molar-refractivity contribution < 1.29 is 18.9 Å². The predicted octanol–water partition coefficient (Wildman–Crippen LogP) is 5.73. The molecular formula is C25H35N3O4S2. The summed E-state index contributed by atoms with van der Waals surface area (Å²) in [6.07, 6.45) is 6.53. The van der Waals surface area contributed by atoms with Crippen LogP contribution in [0.25, 0.3) is 16.1 Å². The maximum Gasteiger partial charge on any atom is 0.144 e. The normalized spacial score (nSPS) is 14.6. The third-order valence-corrected chi connectivity index (χ3v) is 7.89. The molecule has 3 heterocycles. The second-order valence-corrected chi connectivity index (χ2v) is 10.0. The molecule has 4 rings (SSSR count). The van der Waals surface area contributed by atoms with Crippen LogP contribution in [0.4, 0.5) is 5.69 Å². The molecule has 0 aliphatic carbocycles. The molecule has 1 saturated heterocycles. The molecule has 34 heavy (non-hydrogen) atoms. The Kier molecular flexibility index (Phi) is 8.63. The van der Waals surface area contributed by atoms with Gasteiger partial charge >= 0.3 is 0 Å². The van der Waals surface area contributed by atoms with Gasteiger partial charge in [0.15, 0.2) is 0 Å². The van der Waals surface area contributed by atoms with Crippen LogP contribution in [0.3, 0.4) is 0 Å². The first-order valence-corrected chi connectivity index (χ1v) is 13.9. The highest BCUT2D eigenvalue weighted by Crippen LogP contribution is 2.45. The van der Waals surface area contributed by atoms with Crippen molar-refractivity contribution in [3.05, 3.63) is 23.1 Å². The molecule has 0 unspecified atom stereocenters. The molecule has 0 saturated carbocycles. The Bertz CT molecular complexity index is 1070. The molecule has 186 valence electrons. The summed E-state index contributed by atoms with van der Waals surface area (Å²) in [5, 5.41) is 8.30. The number of hydrogen-bond acceptors (Lipinski definition) is 8. The molecule has 0 amide bonds. The van der Waals surface area contributed by atoms with Crippen molar-refractivity contribution in [2.45, 2.75) is 50.3 Å². The Morgan fingerprint density at radius 3 is 2.47 bits per heavy atom. The van der Waals surface area contributed by atoms with Gasteiger partial charge in [-0.25, -0.2) is 4.52 Å². The molecule has 1 aliphatic heterocycles. The van der Waals surface area contributed by atoms with Gasteiger partial charge < -0.3 is 23.8 Å². The van der Waals surface area contributed by atoms with Crippen molar-refractivity contribution in [3.8, 4) is 22.8 Å². The summed E-state index contributed by atoms with van der Waals surface area (Å²) in [5.41, 5.74) is 4.13. The Morgan fingerprint density at radius 1 is 1.18 bits per heavy atom. The molecule has 0 radical (unpaired) electrons. The van der Waals surface area contributed by atoms with Crippen LogP contribution in [0, 0.1) is 0 Å². The van der Waals surface area contributed by atoms with Gasteiger partial charge in [0, 0.05) is 38.3 Å².